The van der Waals surface area contributed by atoms with Crippen molar-refractivity contribution in [2.24, 2.45) is 11.8 Å². The van der Waals surface area contributed by atoms with Crippen LogP contribution in [-0.2, 0) is 6.42 Å². The molecular weight excluding hydrogens is 458 g/mol. The number of hydrogen-bond donors (Lipinski definition) is 5. The van der Waals surface area contributed by atoms with E-state index < -0.39 is 12.2 Å². The number of phenolic OH excluding ortho intramolecular Hbond substituents is 2. The molecule has 2 saturated carbocycles. The molecule has 2 aromatic heterocycles. The van der Waals surface area contributed by atoms with Crippen LogP contribution in [0.25, 0.3) is 11.2 Å². The number of aliphatic hydroxyl groups excluding tert-OH is 2. The number of nitrogens with one attached hydrogen (secondary N) is 1. The van der Waals surface area contributed by atoms with Crippen LogP contribution in [0.1, 0.15) is 29.4 Å². The van der Waals surface area contributed by atoms with Gasteiger partial charge in [0.1, 0.15) is 6.10 Å². The van der Waals surface area contributed by atoms with E-state index in [9.17, 15) is 20.4 Å². The highest BCUT2D eigenvalue weighted by molar-refractivity contribution is 5.83. The standard InChI is InChI=1S/C27H25N5O4/c33-19-8-6-16(12-20(19)34)10-11-28-26-22-27(31-21(30-26)9-7-15-4-2-1-3-5-15)32(14-29-22)23-17-13-18(17)24(35)25(23)36/h1-6,8,12,14,17-18,23-25,33-36H,10-11,13H2,(H,28,30,31)/t17-,18+,23+,24+,25-/m0/s1. The second-order valence-corrected chi connectivity index (χ2v) is 9.37. The highest BCUT2D eigenvalue weighted by Crippen LogP contribution is 2.57. The van der Waals surface area contributed by atoms with Gasteiger partial charge in [0.05, 0.1) is 18.5 Å². The summed E-state index contributed by atoms with van der Waals surface area (Å²) in [6.45, 7) is 0.490. The van der Waals surface area contributed by atoms with Crippen molar-refractivity contribution in [3.05, 3.63) is 71.8 Å². The maximum absolute atomic E-state index is 10.7. The number of anilines is 1. The first-order valence-electron chi connectivity index (χ1n) is 11.9. The second-order valence-electron chi connectivity index (χ2n) is 9.37. The molecule has 9 nitrogen and oxygen atoms in total. The molecule has 0 radical (unpaired) electrons. The number of nitrogens with zero attached hydrogens (tertiary/aromatic N) is 4. The van der Waals surface area contributed by atoms with Crippen LogP contribution in [0.3, 0.4) is 0 Å². The van der Waals surface area contributed by atoms with Crippen molar-refractivity contribution in [3.63, 3.8) is 0 Å². The molecule has 0 aliphatic heterocycles. The minimum absolute atomic E-state index is 0.112. The lowest BCUT2D eigenvalue weighted by Gasteiger charge is -2.22. The Hall–Kier alpha value is -4.13. The van der Waals surface area contributed by atoms with E-state index in [2.05, 4.69) is 32.1 Å². The summed E-state index contributed by atoms with van der Waals surface area (Å²) < 4.78 is 1.85. The summed E-state index contributed by atoms with van der Waals surface area (Å²) >= 11 is 0. The molecular formula is C27H25N5O4. The summed E-state index contributed by atoms with van der Waals surface area (Å²) in [4.78, 5) is 13.8. The molecule has 2 fully saturated rings. The number of hydrogen-bond acceptors (Lipinski definition) is 8. The number of fused-ring (bicyclic) bond motifs is 2. The van der Waals surface area contributed by atoms with Crippen LogP contribution in [0, 0.1) is 23.7 Å². The predicted molar refractivity (Wildman–Crippen MR) is 132 cm³/mol. The van der Waals surface area contributed by atoms with Crippen LogP contribution in [0.2, 0.25) is 0 Å². The largest absolute Gasteiger partial charge is 0.504 e. The number of benzene rings is 2. The summed E-state index contributed by atoms with van der Waals surface area (Å²) in [5, 5.41) is 43.6. The zero-order chi connectivity index (χ0) is 24.8. The Morgan fingerprint density at radius 2 is 1.78 bits per heavy atom. The van der Waals surface area contributed by atoms with Crippen molar-refractivity contribution >= 4 is 17.0 Å². The van der Waals surface area contributed by atoms with E-state index in [1.54, 1.807) is 12.4 Å². The molecule has 0 bridgehead atoms. The Morgan fingerprint density at radius 1 is 0.944 bits per heavy atom. The van der Waals surface area contributed by atoms with Crippen molar-refractivity contribution in [3.8, 4) is 23.3 Å². The molecule has 6 rings (SSSR count). The lowest BCUT2D eigenvalue weighted by atomic mass is 10.1. The maximum atomic E-state index is 10.7. The number of aromatic nitrogens is 4. The van der Waals surface area contributed by atoms with E-state index in [4.69, 9.17) is 0 Å². The average Bonchev–Trinajstić information content (AvgIpc) is 3.49. The van der Waals surface area contributed by atoms with Gasteiger partial charge < -0.3 is 30.3 Å². The van der Waals surface area contributed by atoms with Crippen LogP contribution in [0.5, 0.6) is 11.5 Å². The number of imidazole rings is 1. The molecule has 9 heteroatoms. The molecule has 2 aliphatic rings. The van der Waals surface area contributed by atoms with Crippen molar-refractivity contribution in [1.82, 2.24) is 19.5 Å². The highest BCUT2D eigenvalue weighted by atomic mass is 16.3. The Bertz CT molecular complexity index is 1490. The maximum Gasteiger partial charge on any atom is 0.209 e. The molecule has 0 unspecified atom stereocenters. The molecule has 2 heterocycles. The average molecular weight is 484 g/mol. The molecule has 4 aromatic rings. The van der Waals surface area contributed by atoms with Gasteiger partial charge in [-0.3, -0.25) is 0 Å². The zero-order valence-corrected chi connectivity index (χ0v) is 19.3. The van der Waals surface area contributed by atoms with E-state index >= 15 is 0 Å². The summed E-state index contributed by atoms with van der Waals surface area (Å²) in [6, 6.07) is 14.0. The van der Waals surface area contributed by atoms with E-state index in [1.165, 1.54) is 12.1 Å². The normalized spacial score (nSPS) is 24.2. The van der Waals surface area contributed by atoms with Gasteiger partial charge >= 0.3 is 0 Å². The van der Waals surface area contributed by atoms with Gasteiger partial charge in [0.2, 0.25) is 5.82 Å². The van der Waals surface area contributed by atoms with Gasteiger partial charge in [-0.25, -0.2) is 15.0 Å². The molecule has 0 saturated heterocycles. The summed E-state index contributed by atoms with van der Waals surface area (Å²) in [7, 11) is 0. The van der Waals surface area contributed by atoms with E-state index in [0.29, 0.717) is 35.8 Å². The summed E-state index contributed by atoms with van der Waals surface area (Å²) in [5.41, 5.74) is 2.79. The minimum atomic E-state index is -0.876. The predicted octanol–water partition coefficient (Wildman–Crippen LogP) is 2.20. The topological polar surface area (TPSA) is 137 Å². The molecule has 0 spiro atoms. The number of phenols is 2. The lowest BCUT2D eigenvalue weighted by Crippen LogP contribution is -2.31. The molecule has 2 aliphatic carbocycles. The molecule has 5 N–H and O–H groups in total. The fourth-order valence-electron chi connectivity index (χ4n) is 5.11. The molecule has 36 heavy (non-hydrogen) atoms. The van der Waals surface area contributed by atoms with Gasteiger partial charge in [0.25, 0.3) is 0 Å². The quantitative estimate of drug-likeness (QED) is 0.215. The molecule has 0 amide bonds. The third-order valence-corrected chi connectivity index (χ3v) is 7.05. The van der Waals surface area contributed by atoms with Crippen LogP contribution in [0.4, 0.5) is 5.82 Å². The first-order chi connectivity index (χ1) is 17.5. The van der Waals surface area contributed by atoms with Crippen LogP contribution >= 0.6 is 0 Å². The monoisotopic (exact) mass is 483 g/mol. The van der Waals surface area contributed by atoms with Gasteiger partial charge in [-0.05, 0) is 60.4 Å². The number of aliphatic hydroxyl groups is 2. The number of aromatic hydroxyl groups is 2. The van der Waals surface area contributed by atoms with Crippen molar-refractivity contribution < 1.29 is 20.4 Å². The first kappa shape index (κ1) is 22.3. The smallest absolute Gasteiger partial charge is 0.209 e. The SMILES string of the molecule is Oc1ccc(CCNc2nc(C#Cc3ccccc3)nc3c2ncn3[C@H]2[C@H](O)[C@H](O)[C@@H]3C[C@@H]32)cc1O. The van der Waals surface area contributed by atoms with E-state index in [-0.39, 0.29) is 29.4 Å². The van der Waals surface area contributed by atoms with Crippen LogP contribution in [0.15, 0.2) is 54.9 Å². The van der Waals surface area contributed by atoms with Gasteiger partial charge in [0.15, 0.2) is 28.5 Å². The van der Waals surface area contributed by atoms with Crippen LogP contribution < -0.4 is 5.32 Å². The Labute approximate surface area is 207 Å². The van der Waals surface area contributed by atoms with Gasteiger partial charge in [0, 0.05) is 12.1 Å². The van der Waals surface area contributed by atoms with Gasteiger partial charge in [-0.1, -0.05) is 30.2 Å². The zero-order valence-electron chi connectivity index (χ0n) is 19.3. The third kappa shape index (κ3) is 4.00. The third-order valence-electron chi connectivity index (χ3n) is 7.05. The molecule has 182 valence electrons. The Kier molecular flexibility index (Phi) is 5.48. The lowest BCUT2D eigenvalue weighted by molar-refractivity contribution is 0.00386. The van der Waals surface area contributed by atoms with Crippen molar-refractivity contribution in [2.45, 2.75) is 31.1 Å². The molecule has 5 atom stereocenters. The van der Waals surface area contributed by atoms with E-state index in [0.717, 1.165) is 17.5 Å². The van der Waals surface area contributed by atoms with E-state index in [1.807, 2.05) is 34.9 Å². The second kappa shape index (κ2) is 8.82. The Morgan fingerprint density at radius 3 is 2.53 bits per heavy atom. The fraction of sp³-hybridized carbons (Fsp3) is 0.296. The van der Waals surface area contributed by atoms with Gasteiger partial charge in [-0.15, -0.1) is 0 Å². The summed E-state index contributed by atoms with van der Waals surface area (Å²) in [6.07, 6.45) is 1.48. The highest BCUT2D eigenvalue weighted by Gasteiger charge is 2.60. The van der Waals surface area contributed by atoms with Crippen molar-refractivity contribution in [2.75, 3.05) is 11.9 Å². The molecule has 2 aromatic carbocycles. The summed E-state index contributed by atoms with van der Waals surface area (Å²) in [5.74, 6) is 6.94. The van der Waals surface area contributed by atoms with Crippen molar-refractivity contribution in [1.29, 1.82) is 0 Å². The van der Waals surface area contributed by atoms with Crippen LogP contribution in [-0.4, -0.2) is 58.7 Å². The van der Waals surface area contributed by atoms with Gasteiger partial charge in [-0.2, -0.15) is 0 Å². The minimum Gasteiger partial charge on any atom is -0.504 e. The fourth-order valence-corrected chi connectivity index (χ4v) is 5.11. The Balaban J connectivity index is 1.34. The first-order valence-corrected chi connectivity index (χ1v) is 11.9. The number of rotatable bonds is 5.